The van der Waals surface area contributed by atoms with E-state index in [0.717, 1.165) is 44.3 Å². The first kappa shape index (κ1) is 22.1. The molecule has 0 bridgehead atoms. The first-order chi connectivity index (χ1) is 15.0. The number of carbonyl (C=O) groups excluding carboxylic acids is 1. The van der Waals surface area contributed by atoms with Crippen molar-refractivity contribution in [3.8, 4) is 5.88 Å². The molecule has 1 saturated heterocycles. The fraction of sp³-hybridized carbons (Fsp3) is 0.520. The Hall–Kier alpha value is -2.11. The Labute approximate surface area is 189 Å². The maximum absolute atomic E-state index is 12.9. The number of hydrogen-bond donors (Lipinski definition) is 0. The summed E-state index contributed by atoms with van der Waals surface area (Å²) in [4.78, 5) is 19.4. The molecule has 1 aliphatic heterocycles. The first-order valence-electron chi connectivity index (χ1n) is 11.3. The monoisotopic (exact) mass is 442 g/mol. The predicted molar refractivity (Wildman–Crippen MR) is 123 cm³/mol. The quantitative estimate of drug-likeness (QED) is 0.623. The zero-order valence-corrected chi connectivity index (χ0v) is 19.1. The normalized spacial score (nSPS) is 26.5. The van der Waals surface area contributed by atoms with Crippen LogP contribution in [0.25, 0.3) is 0 Å². The van der Waals surface area contributed by atoms with Crippen LogP contribution in [0.3, 0.4) is 0 Å². The van der Waals surface area contributed by atoms with Crippen LogP contribution >= 0.6 is 11.6 Å². The minimum atomic E-state index is 0.104. The van der Waals surface area contributed by atoms with Crippen LogP contribution in [0.4, 0.5) is 5.69 Å². The Morgan fingerprint density at radius 1 is 1.10 bits per heavy atom. The van der Waals surface area contributed by atoms with Gasteiger partial charge in [0.2, 0.25) is 5.88 Å². The van der Waals surface area contributed by atoms with Crippen LogP contribution in [0.1, 0.15) is 45.1 Å². The molecule has 2 heterocycles. The lowest BCUT2D eigenvalue weighted by molar-refractivity contribution is -0.123. The molecule has 1 aliphatic carbocycles. The van der Waals surface area contributed by atoms with Crippen molar-refractivity contribution in [3.05, 3.63) is 53.2 Å². The molecule has 0 unspecified atom stereocenters. The number of anilines is 1. The van der Waals surface area contributed by atoms with E-state index >= 15 is 0 Å². The van der Waals surface area contributed by atoms with E-state index in [1.165, 1.54) is 5.69 Å². The van der Waals surface area contributed by atoms with Crippen LogP contribution in [0.5, 0.6) is 5.88 Å². The molecule has 2 fully saturated rings. The highest BCUT2D eigenvalue weighted by Crippen LogP contribution is 2.29. The fourth-order valence-corrected chi connectivity index (χ4v) is 4.83. The number of carbonyl (C=O) groups is 1. The maximum Gasteiger partial charge on any atom is 0.214 e. The highest BCUT2D eigenvalue weighted by Gasteiger charge is 2.27. The van der Waals surface area contributed by atoms with Gasteiger partial charge in [-0.05, 0) is 63.3 Å². The van der Waals surface area contributed by atoms with Gasteiger partial charge in [-0.2, -0.15) is 0 Å². The van der Waals surface area contributed by atoms with Crippen molar-refractivity contribution in [2.45, 2.75) is 64.3 Å². The Kier molecular flexibility index (Phi) is 7.13. The molecule has 5 nitrogen and oxygen atoms in total. The number of morpholine rings is 1. The van der Waals surface area contributed by atoms with Crippen LogP contribution in [-0.2, 0) is 16.0 Å². The van der Waals surface area contributed by atoms with Crippen LogP contribution in [0, 0.1) is 5.92 Å². The summed E-state index contributed by atoms with van der Waals surface area (Å²) in [5.74, 6) is 1.01. The van der Waals surface area contributed by atoms with Crippen molar-refractivity contribution >= 4 is 23.1 Å². The minimum Gasteiger partial charge on any atom is -0.474 e. The van der Waals surface area contributed by atoms with Crippen molar-refractivity contribution in [1.82, 2.24) is 4.98 Å². The summed E-state index contributed by atoms with van der Waals surface area (Å²) in [7, 11) is 0. The lowest BCUT2D eigenvalue weighted by atomic mass is 9.83. The average molecular weight is 443 g/mol. The Bertz CT molecular complexity index is 871. The fourth-order valence-electron chi connectivity index (χ4n) is 4.68. The lowest BCUT2D eigenvalue weighted by Gasteiger charge is -2.36. The van der Waals surface area contributed by atoms with Crippen LogP contribution < -0.4 is 9.64 Å². The Morgan fingerprint density at radius 2 is 1.77 bits per heavy atom. The predicted octanol–water partition coefficient (Wildman–Crippen LogP) is 5.10. The number of benzene rings is 1. The molecule has 166 valence electrons. The zero-order valence-electron chi connectivity index (χ0n) is 18.3. The highest BCUT2D eigenvalue weighted by atomic mass is 35.5. The lowest BCUT2D eigenvalue weighted by Crippen LogP contribution is -2.45. The van der Waals surface area contributed by atoms with Gasteiger partial charge in [-0.25, -0.2) is 4.98 Å². The molecule has 0 N–H and O–H groups in total. The molecule has 31 heavy (non-hydrogen) atoms. The molecular weight excluding hydrogens is 412 g/mol. The summed E-state index contributed by atoms with van der Waals surface area (Å²) in [6, 6.07) is 11.9. The van der Waals surface area contributed by atoms with Gasteiger partial charge in [0.1, 0.15) is 11.9 Å². The van der Waals surface area contributed by atoms with Crippen molar-refractivity contribution in [2.24, 2.45) is 5.92 Å². The maximum atomic E-state index is 12.9. The van der Waals surface area contributed by atoms with E-state index in [2.05, 4.69) is 48.0 Å². The standard InChI is InChI=1S/C25H31ClN2O3/c1-17-15-28(16-18(2)30-17)22-7-3-19(4-8-22)13-24(29)20-5-9-23(10-6-20)31-25-14-21(26)11-12-27-25/h3-4,7-8,11-12,14,17-18,20,23H,5-6,9-10,13,15-16H2,1-2H3/t17-,18+,20?,23?. The largest absolute Gasteiger partial charge is 0.474 e. The van der Waals surface area contributed by atoms with E-state index in [9.17, 15) is 4.79 Å². The van der Waals surface area contributed by atoms with Crippen LogP contribution in [0.2, 0.25) is 5.02 Å². The number of halogens is 1. The van der Waals surface area contributed by atoms with E-state index in [1.54, 1.807) is 18.3 Å². The van der Waals surface area contributed by atoms with Gasteiger partial charge in [-0.1, -0.05) is 23.7 Å². The van der Waals surface area contributed by atoms with Crippen molar-refractivity contribution in [1.29, 1.82) is 0 Å². The van der Waals surface area contributed by atoms with Crippen molar-refractivity contribution in [3.63, 3.8) is 0 Å². The van der Waals surface area contributed by atoms with E-state index < -0.39 is 0 Å². The summed E-state index contributed by atoms with van der Waals surface area (Å²) in [5.41, 5.74) is 2.29. The molecule has 2 atom stereocenters. The zero-order chi connectivity index (χ0) is 21.8. The third kappa shape index (κ3) is 5.98. The molecule has 2 aliphatic rings. The van der Waals surface area contributed by atoms with Gasteiger partial charge in [-0.3, -0.25) is 4.79 Å². The van der Waals surface area contributed by atoms with E-state index in [0.29, 0.717) is 23.1 Å². The SMILES string of the molecule is C[C@@H]1CN(c2ccc(CC(=O)C3CCC(Oc4cc(Cl)ccn4)CC3)cc2)C[C@H](C)O1. The van der Waals surface area contributed by atoms with Gasteiger partial charge < -0.3 is 14.4 Å². The molecule has 1 aromatic heterocycles. The molecule has 4 rings (SSSR count). The van der Waals surface area contributed by atoms with E-state index in [4.69, 9.17) is 21.1 Å². The van der Waals surface area contributed by atoms with E-state index in [1.807, 2.05) is 0 Å². The number of Topliss-reactive ketones (excluding diaryl/α,β-unsaturated/α-hetero) is 1. The molecule has 0 amide bonds. The minimum absolute atomic E-state index is 0.104. The number of nitrogens with zero attached hydrogens (tertiary/aromatic N) is 2. The second-order valence-electron chi connectivity index (χ2n) is 8.88. The highest BCUT2D eigenvalue weighted by molar-refractivity contribution is 6.30. The molecule has 1 aromatic carbocycles. The summed E-state index contributed by atoms with van der Waals surface area (Å²) in [6.45, 7) is 6.03. The molecule has 2 aromatic rings. The average Bonchev–Trinajstić information content (AvgIpc) is 2.74. The second-order valence-corrected chi connectivity index (χ2v) is 9.31. The Balaban J connectivity index is 1.26. The Morgan fingerprint density at radius 3 is 2.42 bits per heavy atom. The third-order valence-electron chi connectivity index (χ3n) is 6.21. The van der Waals surface area contributed by atoms with Gasteiger partial charge in [0.15, 0.2) is 0 Å². The van der Waals surface area contributed by atoms with Gasteiger partial charge >= 0.3 is 0 Å². The van der Waals surface area contributed by atoms with Crippen LogP contribution in [-0.4, -0.2) is 42.2 Å². The summed E-state index contributed by atoms with van der Waals surface area (Å²) < 4.78 is 11.8. The van der Waals surface area contributed by atoms with Gasteiger partial charge in [-0.15, -0.1) is 0 Å². The van der Waals surface area contributed by atoms with Crippen molar-refractivity contribution in [2.75, 3.05) is 18.0 Å². The third-order valence-corrected chi connectivity index (χ3v) is 6.45. The van der Waals surface area contributed by atoms with E-state index in [-0.39, 0.29) is 24.2 Å². The first-order valence-corrected chi connectivity index (χ1v) is 11.6. The summed E-state index contributed by atoms with van der Waals surface area (Å²) in [6.07, 6.45) is 6.21. The molecule has 0 spiro atoms. The molecule has 0 radical (unpaired) electrons. The van der Waals surface area contributed by atoms with Crippen molar-refractivity contribution < 1.29 is 14.3 Å². The molecular formula is C25H31ClN2O3. The summed E-state index contributed by atoms with van der Waals surface area (Å²) >= 11 is 6.00. The number of rotatable bonds is 6. The van der Waals surface area contributed by atoms with Crippen LogP contribution in [0.15, 0.2) is 42.6 Å². The number of ketones is 1. The van der Waals surface area contributed by atoms with Gasteiger partial charge in [0, 0.05) is 48.4 Å². The smallest absolute Gasteiger partial charge is 0.214 e. The van der Waals surface area contributed by atoms with Gasteiger partial charge in [0.05, 0.1) is 12.2 Å². The number of ether oxygens (including phenoxy) is 2. The second kappa shape index (κ2) is 10.0. The number of hydrogen-bond acceptors (Lipinski definition) is 5. The summed E-state index contributed by atoms with van der Waals surface area (Å²) in [5, 5.41) is 0.623. The van der Waals surface area contributed by atoms with Gasteiger partial charge in [0.25, 0.3) is 0 Å². The number of aromatic nitrogens is 1. The topological polar surface area (TPSA) is 51.7 Å². The molecule has 1 saturated carbocycles. The molecule has 6 heteroatoms. The number of pyridine rings is 1.